The van der Waals surface area contributed by atoms with Crippen molar-refractivity contribution in [1.29, 1.82) is 0 Å². The van der Waals surface area contributed by atoms with Gasteiger partial charge >= 0.3 is 5.97 Å². The van der Waals surface area contributed by atoms with Crippen LogP contribution in [0, 0.1) is 0 Å². The maximum Gasteiger partial charge on any atom is 0.338 e. The maximum absolute atomic E-state index is 11.8. The highest BCUT2D eigenvalue weighted by atomic mass is 16.7. The molecule has 0 radical (unpaired) electrons. The molecule has 0 atom stereocenters. The van der Waals surface area contributed by atoms with E-state index in [1.165, 1.54) is 7.11 Å². The van der Waals surface area contributed by atoms with E-state index in [2.05, 4.69) is 13.2 Å². The van der Waals surface area contributed by atoms with Gasteiger partial charge in [0.15, 0.2) is 0 Å². The first-order valence-electron chi connectivity index (χ1n) is 5.85. The topological polar surface area (TPSA) is 44.8 Å². The van der Waals surface area contributed by atoms with Gasteiger partial charge in [0.05, 0.1) is 12.2 Å². The molecule has 0 saturated heterocycles. The van der Waals surface area contributed by atoms with Gasteiger partial charge in [0.25, 0.3) is 0 Å². The Balaban J connectivity index is 2.57. The lowest BCUT2D eigenvalue weighted by Crippen LogP contribution is -2.12. The van der Waals surface area contributed by atoms with Gasteiger partial charge in [-0.25, -0.2) is 4.79 Å². The highest BCUT2D eigenvalue weighted by Crippen LogP contribution is 2.15. The van der Waals surface area contributed by atoms with Crippen LogP contribution in [0.4, 0.5) is 0 Å². The Morgan fingerprint density at radius 2 is 1.95 bits per heavy atom. The molecule has 0 bridgehead atoms. The first kappa shape index (κ1) is 15.1. The van der Waals surface area contributed by atoms with Gasteiger partial charge in [-0.2, -0.15) is 0 Å². The molecule has 0 aromatic heterocycles. The predicted molar refractivity (Wildman–Crippen MR) is 74.7 cm³/mol. The molecule has 0 N–H and O–H groups in total. The van der Waals surface area contributed by atoms with Crippen LogP contribution in [-0.2, 0) is 14.2 Å². The molecular formula is C15H18O4. The number of carbonyl (C=O) groups is 1. The fourth-order valence-corrected chi connectivity index (χ4v) is 1.48. The molecule has 0 fully saturated rings. The quantitative estimate of drug-likeness (QED) is 0.410. The Hall–Kier alpha value is -1.91. The Morgan fingerprint density at radius 1 is 1.21 bits per heavy atom. The average Bonchev–Trinajstić information content (AvgIpc) is 2.46. The van der Waals surface area contributed by atoms with E-state index in [0.29, 0.717) is 12.2 Å². The van der Waals surface area contributed by atoms with Crippen molar-refractivity contribution >= 4 is 18.1 Å². The van der Waals surface area contributed by atoms with Crippen LogP contribution in [0.2, 0.25) is 0 Å². The maximum atomic E-state index is 11.8. The van der Waals surface area contributed by atoms with Crippen molar-refractivity contribution < 1.29 is 19.0 Å². The molecule has 0 saturated carbocycles. The molecule has 4 nitrogen and oxygen atoms in total. The van der Waals surface area contributed by atoms with Gasteiger partial charge in [0.2, 0.25) is 0 Å². The summed E-state index contributed by atoms with van der Waals surface area (Å²) in [5.74, 6) is -0.389. The minimum Gasteiger partial charge on any atom is -0.460 e. The lowest BCUT2D eigenvalue weighted by molar-refractivity contribution is -0.0453. The smallest absolute Gasteiger partial charge is 0.338 e. The third-order valence-electron chi connectivity index (χ3n) is 2.42. The molecule has 1 rings (SSSR count). The number of rotatable bonds is 8. The standard InChI is InChI=1S/C15H18O4/c1-4-12-6-7-14(10-13(12)5-2)15(16)19-9-8-18-11-17-3/h4-7,10H,1-2,8-9,11H2,3H3. The number of esters is 1. The van der Waals surface area contributed by atoms with Gasteiger partial charge in [-0.05, 0) is 23.3 Å². The van der Waals surface area contributed by atoms with Crippen LogP contribution in [0.25, 0.3) is 12.2 Å². The van der Waals surface area contributed by atoms with Crippen LogP contribution in [0.15, 0.2) is 31.4 Å². The average molecular weight is 262 g/mol. The van der Waals surface area contributed by atoms with E-state index in [1.807, 2.05) is 6.07 Å². The molecule has 0 aliphatic heterocycles. The van der Waals surface area contributed by atoms with Crippen molar-refractivity contribution in [3.05, 3.63) is 48.0 Å². The number of carbonyl (C=O) groups excluding carboxylic acids is 1. The van der Waals surface area contributed by atoms with E-state index in [-0.39, 0.29) is 19.4 Å². The van der Waals surface area contributed by atoms with Crippen LogP contribution in [0.1, 0.15) is 21.5 Å². The van der Waals surface area contributed by atoms with Crippen molar-refractivity contribution in [2.45, 2.75) is 0 Å². The zero-order valence-electron chi connectivity index (χ0n) is 11.1. The molecule has 102 valence electrons. The molecule has 0 aliphatic rings. The molecule has 0 heterocycles. The number of hydrogen-bond acceptors (Lipinski definition) is 4. The van der Waals surface area contributed by atoms with Crippen molar-refractivity contribution in [3.8, 4) is 0 Å². The Kier molecular flexibility index (Phi) is 6.57. The SMILES string of the molecule is C=Cc1ccc(C(=O)OCCOCOC)cc1C=C. The van der Waals surface area contributed by atoms with Crippen LogP contribution < -0.4 is 0 Å². The fourth-order valence-electron chi connectivity index (χ4n) is 1.48. The van der Waals surface area contributed by atoms with E-state index >= 15 is 0 Å². The van der Waals surface area contributed by atoms with E-state index in [9.17, 15) is 4.79 Å². The van der Waals surface area contributed by atoms with Crippen molar-refractivity contribution in [2.24, 2.45) is 0 Å². The van der Waals surface area contributed by atoms with Crippen molar-refractivity contribution in [1.82, 2.24) is 0 Å². The Bertz CT molecular complexity index is 451. The summed E-state index contributed by atoms with van der Waals surface area (Å²) in [6.07, 6.45) is 3.39. The molecule has 0 unspecified atom stereocenters. The number of benzene rings is 1. The minimum atomic E-state index is -0.389. The number of methoxy groups -OCH3 is 1. The van der Waals surface area contributed by atoms with E-state index in [4.69, 9.17) is 14.2 Å². The molecule has 0 aliphatic carbocycles. The highest BCUT2D eigenvalue weighted by molar-refractivity contribution is 5.90. The second-order valence-electron chi connectivity index (χ2n) is 3.70. The largest absolute Gasteiger partial charge is 0.460 e. The number of ether oxygens (including phenoxy) is 3. The van der Waals surface area contributed by atoms with Gasteiger partial charge in [-0.1, -0.05) is 31.4 Å². The molecule has 19 heavy (non-hydrogen) atoms. The van der Waals surface area contributed by atoms with Gasteiger partial charge < -0.3 is 14.2 Å². The third-order valence-corrected chi connectivity index (χ3v) is 2.42. The summed E-state index contributed by atoms with van der Waals surface area (Å²) in [5.41, 5.74) is 2.25. The summed E-state index contributed by atoms with van der Waals surface area (Å²) in [5, 5.41) is 0. The molecule has 0 amide bonds. The van der Waals surface area contributed by atoms with Crippen molar-refractivity contribution in [3.63, 3.8) is 0 Å². The van der Waals surface area contributed by atoms with Gasteiger partial charge in [-0.15, -0.1) is 0 Å². The third kappa shape index (κ3) is 4.69. The van der Waals surface area contributed by atoms with E-state index in [1.54, 1.807) is 24.3 Å². The first-order valence-corrected chi connectivity index (χ1v) is 5.85. The highest BCUT2D eigenvalue weighted by Gasteiger charge is 2.08. The first-order chi connectivity index (χ1) is 9.22. The number of hydrogen-bond donors (Lipinski definition) is 0. The molecule has 0 spiro atoms. The summed E-state index contributed by atoms with van der Waals surface area (Å²) >= 11 is 0. The van der Waals surface area contributed by atoms with Crippen LogP contribution in [0.5, 0.6) is 0 Å². The second-order valence-corrected chi connectivity index (χ2v) is 3.70. The second kappa shape index (κ2) is 8.24. The molecule has 1 aromatic rings. The Labute approximate surface area is 113 Å². The monoisotopic (exact) mass is 262 g/mol. The lowest BCUT2D eigenvalue weighted by Gasteiger charge is -2.07. The summed E-state index contributed by atoms with van der Waals surface area (Å²) in [4.78, 5) is 11.8. The van der Waals surface area contributed by atoms with Gasteiger partial charge in [0.1, 0.15) is 13.4 Å². The van der Waals surface area contributed by atoms with Gasteiger partial charge in [-0.3, -0.25) is 0 Å². The summed E-state index contributed by atoms with van der Waals surface area (Å²) in [6, 6.07) is 5.23. The van der Waals surface area contributed by atoms with E-state index < -0.39 is 0 Å². The lowest BCUT2D eigenvalue weighted by atomic mass is 10.0. The normalized spacial score (nSPS) is 9.95. The summed E-state index contributed by atoms with van der Waals surface area (Å²) in [7, 11) is 1.53. The predicted octanol–water partition coefficient (Wildman–Crippen LogP) is 2.75. The van der Waals surface area contributed by atoms with E-state index in [0.717, 1.165) is 11.1 Å². The fraction of sp³-hybridized carbons (Fsp3) is 0.267. The summed E-state index contributed by atoms with van der Waals surface area (Å²) < 4.78 is 14.8. The minimum absolute atomic E-state index is 0.187. The molecule has 4 heteroatoms. The van der Waals surface area contributed by atoms with Crippen LogP contribution in [0.3, 0.4) is 0 Å². The van der Waals surface area contributed by atoms with Crippen LogP contribution in [-0.4, -0.2) is 33.1 Å². The zero-order chi connectivity index (χ0) is 14.1. The van der Waals surface area contributed by atoms with Gasteiger partial charge in [0, 0.05) is 7.11 Å². The zero-order valence-corrected chi connectivity index (χ0v) is 11.1. The molecular weight excluding hydrogens is 244 g/mol. The van der Waals surface area contributed by atoms with Crippen LogP contribution >= 0.6 is 0 Å². The summed E-state index contributed by atoms with van der Waals surface area (Å²) in [6.45, 7) is 8.08. The Morgan fingerprint density at radius 3 is 2.58 bits per heavy atom. The van der Waals surface area contributed by atoms with Crippen molar-refractivity contribution in [2.75, 3.05) is 27.1 Å². The molecule has 1 aromatic carbocycles.